The minimum atomic E-state index is -0.558. The third-order valence-corrected chi connectivity index (χ3v) is 5.06. The van der Waals surface area contributed by atoms with Crippen LogP contribution in [0.15, 0.2) is 53.8 Å². The lowest BCUT2D eigenvalue weighted by atomic mass is 9.96. The van der Waals surface area contributed by atoms with Crippen molar-refractivity contribution in [3.63, 3.8) is 0 Å². The van der Waals surface area contributed by atoms with Crippen LogP contribution < -0.4 is 0 Å². The number of nitrogens with zero attached hydrogens (tertiary/aromatic N) is 2. The van der Waals surface area contributed by atoms with Crippen molar-refractivity contribution < 1.29 is 19.1 Å². The highest BCUT2D eigenvalue weighted by Crippen LogP contribution is 2.29. The number of carbonyl (C=O) groups is 2. The first-order valence-electron chi connectivity index (χ1n) is 10.6. The highest BCUT2D eigenvalue weighted by atomic mass is 16.6. The van der Waals surface area contributed by atoms with Crippen molar-refractivity contribution in [1.82, 2.24) is 9.80 Å². The van der Waals surface area contributed by atoms with Crippen LogP contribution in [0.25, 0.3) is 0 Å². The summed E-state index contributed by atoms with van der Waals surface area (Å²) in [6, 6.07) is 9.64. The van der Waals surface area contributed by atoms with Crippen molar-refractivity contribution in [2.45, 2.75) is 52.7 Å². The fraction of sp³-hybridized carbons (Fsp3) is 0.500. The molecule has 3 rings (SSSR count). The van der Waals surface area contributed by atoms with Crippen molar-refractivity contribution in [2.75, 3.05) is 19.6 Å². The maximum absolute atomic E-state index is 12.8. The molecule has 2 aliphatic rings. The topological polar surface area (TPSA) is 59.1 Å². The minimum Gasteiger partial charge on any atom is -0.445 e. The second-order valence-electron chi connectivity index (χ2n) is 9.00. The Kier molecular flexibility index (Phi) is 6.85. The average Bonchev–Trinajstić information content (AvgIpc) is 2.71. The van der Waals surface area contributed by atoms with E-state index in [1.165, 1.54) is 0 Å². The Morgan fingerprint density at radius 2 is 1.83 bits per heavy atom. The monoisotopic (exact) mass is 412 g/mol. The summed E-state index contributed by atoms with van der Waals surface area (Å²) in [6.07, 6.45) is 5.14. The zero-order chi connectivity index (χ0) is 21.7. The van der Waals surface area contributed by atoms with E-state index in [0.29, 0.717) is 25.6 Å². The molecule has 0 N–H and O–H groups in total. The number of rotatable bonds is 3. The molecular weight excluding hydrogens is 380 g/mol. The number of benzene rings is 1. The number of carbonyl (C=O) groups excluding carboxylic acids is 2. The predicted octanol–water partition coefficient (Wildman–Crippen LogP) is 5.12. The van der Waals surface area contributed by atoms with Gasteiger partial charge in [0.15, 0.2) is 0 Å². The molecule has 1 aromatic carbocycles. The number of hydrogen-bond donors (Lipinski definition) is 0. The SMILES string of the molecule is CC1CC=C(C2=CCCN(C(=O)OCc3ccccc3)C2)N(C(=O)OC(C)(C)C)C1. The third kappa shape index (κ3) is 5.88. The lowest BCUT2D eigenvalue weighted by Gasteiger charge is -2.37. The van der Waals surface area contributed by atoms with E-state index in [-0.39, 0.29) is 18.8 Å². The van der Waals surface area contributed by atoms with Crippen molar-refractivity contribution in [3.05, 3.63) is 59.3 Å². The average molecular weight is 413 g/mol. The number of allylic oxidation sites excluding steroid dienone is 1. The van der Waals surface area contributed by atoms with Gasteiger partial charge in [0.05, 0.1) is 6.54 Å². The van der Waals surface area contributed by atoms with Crippen LogP contribution in [-0.4, -0.2) is 47.2 Å². The van der Waals surface area contributed by atoms with Gasteiger partial charge in [-0.2, -0.15) is 0 Å². The summed E-state index contributed by atoms with van der Waals surface area (Å²) in [5.41, 5.74) is 2.22. The van der Waals surface area contributed by atoms with Crippen LogP contribution in [0.3, 0.4) is 0 Å². The maximum Gasteiger partial charge on any atom is 0.414 e. The Balaban J connectivity index is 1.67. The van der Waals surface area contributed by atoms with E-state index in [1.54, 1.807) is 9.80 Å². The Morgan fingerprint density at radius 3 is 2.53 bits per heavy atom. The summed E-state index contributed by atoms with van der Waals surface area (Å²) < 4.78 is 11.1. The highest BCUT2D eigenvalue weighted by molar-refractivity contribution is 5.73. The molecule has 0 aromatic heterocycles. The van der Waals surface area contributed by atoms with Gasteiger partial charge in [0.2, 0.25) is 0 Å². The predicted molar refractivity (Wildman–Crippen MR) is 116 cm³/mol. The number of ether oxygens (including phenoxy) is 2. The Bertz CT molecular complexity index is 823. The van der Waals surface area contributed by atoms with Gasteiger partial charge in [0, 0.05) is 18.8 Å². The van der Waals surface area contributed by atoms with Crippen molar-refractivity contribution in [2.24, 2.45) is 5.92 Å². The largest absolute Gasteiger partial charge is 0.445 e. The number of amides is 2. The molecule has 0 saturated heterocycles. The molecule has 0 bridgehead atoms. The lowest BCUT2D eigenvalue weighted by molar-refractivity contribution is 0.0282. The van der Waals surface area contributed by atoms with E-state index in [0.717, 1.165) is 29.7 Å². The molecule has 162 valence electrons. The first kappa shape index (κ1) is 21.9. The van der Waals surface area contributed by atoms with Gasteiger partial charge in [-0.25, -0.2) is 9.59 Å². The second-order valence-corrected chi connectivity index (χ2v) is 9.00. The van der Waals surface area contributed by atoms with Gasteiger partial charge in [-0.3, -0.25) is 4.90 Å². The molecule has 1 unspecified atom stereocenters. The molecular formula is C24H32N2O4. The molecule has 6 nitrogen and oxygen atoms in total. The van der Waals surface area contributed by atoms with Crippen molar-refractivity contribution in [3.8, 4) is 0 Å². The Hall–Kier alpha value is -2.76. The van der Waals surface area contributed by atoms with E-state index in [2.05, 4.69) is 19.1 Å². The number of hydrogen-bond acceptors (Lipinski definition) is 4. The van der Waals surface area contributed by atoms with Gasteiger partial charge in [-0.1, -0.05) is 49.4 Å². The fourth-order valence-corrected chi connectivity index (χ4v) is 3.60. The van der Waals surface area contributed by atoms with Gasteiger partial charge in [-0.15, -0.1) is 0 Å². The molecule has 0 radical (unpaired) electrons. The normalized spacial score (nSPS) is 19.7. The zero-order valence-corrected chi connectivity index (χ0v) is 18.4. The standard InChI is InChI=1S/C24H32N2O4/c1-18-12-13-21(26(15-18)23(28)30-24(2,3)4)20-11-8-14-25(16-20)22(27)29-17-19-9-6-5-7-10-19/h5-7,9-11,13,18H,8,12,14-17H2,1-4H3. The van der Waals surface area contributed by atoms with Crippen LogP contribution in [0, 0.1) is 5.92 Å². The van der Waals surface area contributed by atoms with Crippen LogP contribution >= 0.6 is 0 Å². The molecule has 0 saturated carbocycles. The van der Waals surface area contributed by atoms with Crippen LogP contribution in [0.4, 0.5) is 9.59 Å². The zero-order valence-electron chi connectivity index (χ0n) is 18.4. The molecule has 1 aromatic rings. The summed E-state index contributed by atoms with van der Waals surface area (Å²) in [5, 5.41) is 0. The van der Waals surface area contributed by atoms with E-state index in [9.17, 15) is 9.59 Å². The van der Waals surface area contributed by atoms with Gasteiger partial charge in [-0.05, 0) is 50.7 Å². The van der Waals surface area contributed by atoms with Crippen molar-refractivity contribution >= 4 is 12.2 Å². The summed E-state index contributed by atoms with van der Waals surface area (Å²) in [4.78, 5) is 28.8. The summed E-state index contributed by atoms with van der Waals surface area (Å²) in [6.45, 7) is 9.60. The quantitative estimate of drug-likeness (QED) is 0.692. The first-order valence-corrected chi connectivity index (χ1v) is 10.6. The summed E-state index contributed by atoms with van der Waals surface area (Å²) >= 11 is 0. The van der Waals surface area contributed by atoms with Crippen LogP contribution in [0.2, 0.25) is 0 Å². The van der Waals surface area contributed by atoms with Gasteiger partial charge >= 0.3 is 12.2 Å². The fourth-order valence-electron chi connectivity index (χ4n) is 3.60. The van der Waals surface area contributed by atoms with Gasteiger partial charge in [0.25, 0.3) is 0 Å². The molecule has 0 spiro atoms. The maximum atomic E-state index is 12.8. The summed E-state index contributed by atoms with van der Waals surface area (Å²) in [5.74, 6) is 0.359. The molecule has 30 heavy (non-hydrogen) atoms. The minimum absolute atomic E-state index is 0.249. The molecule has 1 atom stereocenters. The Labute approximate surface area is 179 Å². The lowest BCUT2D eigenvalue weighted by Crippen LogP contribution is -2.43. The second kappa shape index (κ2) is 9.37. The van der Waals surface area contributed by atoms with Gasteiger partial charge in [0.1, 0.15) is 12.2 Å². The van der Waals surface area contributed by atoms with E-state index >= 15 is 0 Å². The van der Waals surface area contributed by atoms with Crippen LogP contribution in [-0.2, 0) is 16.1 Å². The van der Waals surface area contributed by atoms with Crippen molar-refractivity contribution in [1.29, 1.82) is 0 Å². The Morgan fingerprint density at radius 1 is 1.10 bits per heavy atom. The molecule has 2 aliphatic heterocycles. The van der Waals surface area contributed by atoms with Gasteiger partial charge < -0.3 is 14.4 Å². The third-order valence-electron chi connectivity index (χ3n) is 5.06. The molecule has 2 amide bonds. The molecule has 0 aliphatic carbocycles. The molecule has 0 fully saturated rings. The van der Waals surface area contributed by atoms with Crippen LogP contribution in [0.1, 0.15) is 46.1 Å². The molecule has 6 heteroatoms. The van der Waals surface area contributed by atoms with Crippen LogP contribution in [0.5, 0.6) is 0 Å². The highest BCUT2D eigenvalue weighted by Gasteiger charge is 2.32. The smallest absolute Gasteiger partial charge is 0.414 e. The molecule has 2 heterocycles. The van der Waals surface area contributed by atoms with E-state index in [4.69, 9.17) is 9.47 Å². The van der Waals surface area contributed by atoms with E-state index < -0.39 is 5.60 Å². The summed E-state index contributed by atoms with van der Waals surface area (Å²) in [7, 11) is 0. The van der Waals surface area contributed by atoms with E-state index in [1.807, 2.05) is 51.1 Å². The first-order chi connectivity index (χ1) is 14.2.